The summed E-state index contributed by atoms with van der Waals surface area (Å²) in [6, 6.07) is 10.5. The molecule has 168 valence electrons. The lowest BCUT2D eigenvalue weighted by Crippen LogP contribution is -2.09. The Labute approximate surface area is 186 Å². The van der Waals surface area contributed by atoms with Gasteiger partial charge < -0.3 is 23.8 Å². The number of aliphatic hydroxyl groups is 1. The molecule has 2 heterocycles. The SMILES string of the molecule is COc1cccc(OC)c1S(=O)Nc1noc2cc(Cn3nccc3CO)cc(OC)c12. The molecule has 0 aliphatic rings. The number of ether oxygens (including phenoxy) is 3. The average molecular weight is 458 g/mol. The van der Waals surface area contributed by atoms with Gasteiger partial charge in [-0.3, -0.25) is 9.40 Å². The summed E-state index contributed by atoms with van der Waals surface area (Å²) in [6.45, 7) is 0.289. The summed E-state index contributed by atoms with van der Waals surface area (Å²) in [6.07, 6.45) is 1.62. The van der Waals surface area contributed by atoms with Crippen molar-refractivity contribution in [2.45, 2.75) is 18.0 Å². The van der Waals surface area contributed by atoms with Gasteiger partial charge in [-0.25, -0.2) is 4.21 Å². The molecular weight excluding hydrogens is 436 g/mol. The Hall–Kier alpha value is -3.57. The van der Waals surface area contributed by atoms with Gasteiger partial charge in [-0.15, -0.1) is 0 Å². The number of aliphatic hydroxyl groups excluding tert-OH is 1. The van der Waals surface area contributed by atoms with E-state index in [1.54, 1.807) is 41.2 Å². The first-order chi connectivity index (χ1) is 15.6. The number of fused-ring (bicyclic) bond motifs is 1. The van der Waals surface area contributed by atoms with Gasteiger partial charge >= 0.3 is 0 Å². The van der Waals surface area contributed by atoms with Gasteiger partial charge in [0.1, 0.15) is 27.5 Å². The number of nitrogens with zero attached hydrogens (tertiary/aromatic N) is 3. The zero-order valence-corrected chi connectivity index (χ0v) is 18.5. The summed E-state index contributed by atoms with van der Waals surface area (Å²) in [7, 11) is 2.76. The normalized spacial score (nSPS) is 12.0. The second-order valence-electron chi connectivity index (χ2n) is 6.70. The maximum Gasteiger partial charge on any atom is 0.193 e. The molecule has 32 heavy (non-hydrogen) atoms. The molecule has 1 unspecified atom stereocenters. The minimum absolute atomic E-state index is 0.117. The zero-order chi connectivity index (χ0) is 22.7. The summed E-state index contributed by atoms with van der Waals surface area (Å²) >= 11 is 0. The molecule has 1 atom stereocenters. The number of methoxy groups -OCH3 is 3. The third-order valence-corrected chi connectivity index (χ3v) is 6.03. The molecule has 4 rings (SSSR count). The van der Waals surface area contributed by atoms with Gasteiger partial charge in [0.05, 0.1) is 40.2 Å². The van der Waals surface area contributed by atoms with E-state index in [0.29, 0.717) is 45.4 Å². The molecule has 10 nitrogen and oxygen atoms in total. The van der Waals surface area contributed by atoms with Crippen LogP contribution in [0.1, 0.15) is 11.3 Å². The highest BCUT2D eigenvalue weighted by Gasteiger charge is 2.22. The molecule has 0 aliphatic heterocycles. The number of benzene rings is 2. The molecular formula is C21H22N4O6S. The van der Waals surface area contributed by atoms with Crippen molar-refractivity contribution in [2.75, 3.05) is 26.1 Å². The molecule has 0 saturated heterocycles. The van der Waals surface area contributed by atoms with Gasteiger partial charge in [0.2, 0.25) is 0 Å². The first-order valence-corrected chi connectivity index (χ1v) is 10.7. The standard InChI is InChI=1S/C21H22N4O6S/c1-28-15-5-4-6-16(29-2)20(15)32(27)24-21-19-17(30-3)9-13(10-18(19)31-23-21)11-25-14(12-26)7-8-22-25/h4-10,26H,11-12H2,1-3H3,(H,23,24). The van der Waals surface area contributed by atoms with Crippen molar-refractivity contribution >= 4 is 27.8 Å². The van der Waals surface area contributed by atoms with Crippen LogP contribution in [0, 0.1) is 0 Å². The van der Waals surface area contributed by atoms with E-state index in [4.69, 9.17) is 18.7 Å². The summed E-state index contributed by atoms with van der Waals surface area (Å²) < 4.78 is 39.4. The summed E-state index contributed by atoms with van der Waals surface area (Å²) in [4.78, 5) is 0.347. The van der Waals surface area contributed by atoms with Crippen LogP contribution in [0.5, 0.6) is 17.2 Å². The molecule has 0 spiro atoms. The maximum absolute atomic E-state index is 13.1. The lowest BCUT2D eigenvalue weighted by atomic mass is 10.1. The molecule has 0 bridgehead atoms. The molecule has 4 aromatic rings. The number of hydrogen-bond acceptors (Lipinski definition) is 8. The highest BCUT2D eigenvalue weighted by atomic mass is 32.2. The van der Waals surface area contributed by atoms with E-state index in [0.717, 1.165) is 5.56 Å². The predicted molar refractivity (Wildman–Crippen MR) is 117 cm³/mol. The van der Waals surface area contributed by atoms with Gasteiger partial charge in [0, 0.05) is 6.20 Å². The molecule has 0 aliphatic carbocycles. The minimum Gasteiger partial charge on any atom is -0.496 e. The summed E-state index contributed by atoms with van der Waals surface area (Å²) in [5.74, 6) is 1.57. The van der Waals surface area contributed by atoms with Crippen LogP contribution in [-0.4, -0.2) is 45.6 Å². The zero-order valence-electron chi connectivity index (χ0n) is 17.7. The molecule has 2 N–H and O–H groups in total. The molecule has 11 heteroatoms. The number of anilines is 1. The lowest BCUT2D eigenvalue weighted by Gasteiger charge is -2.13. The van der Waals surface area contributed by atoms with Crippen LogP contribution in [-0.2, 0) is 24.1 Å². The average Bonchev–Trinajstić information content (AvgIpc) is 3.44. The van der Waals surface area contributed by atoms with Gasteiger partial charge in [-0.05, 0) is 35.9 Å². The van der Waals surface area contributed by atoms with Gasteiger partial charge in [0.15, 0.2) is 22.4 Å². The number of aromatic nitrogens is 3. The van der Waals surface area contributed by atoms with Crippen LogP contribution in [0.15, 0.2) is 52.0 Å². The fourth-order valence-corrected chi connectivity index (χ4v) is 4.45. The third kappa shape index (κ3) is 3.99. The number of rotatable bonds is 9. The van der Waals surface area contributed by atoms with E-state index in [-0.39, 0.29) is 12.4 Å². The third-order valence-electron chi connectivity index (χ3n) is 4.87. The van der Waals surface area contributed by atoms with Crippen molar-refractivity contribution in [3.05, 3.63) is 53.9 Å². The van der Waals surface area contributed by atoms with E-state index in [1.165, 1.54) is 21.3 Å². The van der Waals surface area contributed by atoms with E-state index < -0.39 is 11.0 Å². The van der Waals surface area contributed by atoms with Crippen LogP contribution in [0.3, 0.4) is 0 Å². The second kappa shape index (κ2) is 9.28. The Bertz CT molecular complexity index is 1250. The van der Waals surface area contributed by atoms with Gasteiger partial charge in [0.25, 0.3) is 0 Å². The van der Waals surface area contributed by atoms with E-state index in [9.17, 15) is 9.32 Å². The fourth-order valence-electron chi connectivity index (χ4n) is 3.36. The van der Waals surface area contributed by atoms with Crippen LogP contribution >= 0.6 is 0 Å². The monoisotopic (exact) mass is 458 g/mol. The topological polar surface area (TPSA) is 121 Å². The van der Waals surface area contributed by atoms with Crippen molar-refractivity contribution < 1.29 is 28.0 Å². The summed E-state index contributed by atoms with van der Waals surface area (Å²) in [5.41, 5.74) is 1.97. The van der Waals surface area contributed by atoms with Gasteiger partial charge in [-0.2, -0.15) is 5.10 Å². The first kappa shape index (κ1) is 21.7. The highest BCUT2D eigenvalue weighted by molar-refractivity contribution is 7.86. The van der Waals surface area contributed by atoms with Crippen molar-refractivity contribution in [3.63, 3.8) is 0 Å². The van der Waals surface area contributed by atoms with E-state index in [1.807, 2.05) is 6.07 Å². The van der Waals surface area contributed by atoms with Crippen LogP contribution in [0.2, 0.25) is 0 Å². The minimum atomic E-state index is -1.76. The number of nitrogens with one attached hydrogen (secondary N) is 1. The molecule has 2 aromatic carbocycles. The maximum atomic E-state index is 13.1. The Morgan fingerprint density at radius 3 is 2.47 bits per heavy atom. The van der Waals surface area contributed by atoms with Crippen molar-refractivity contribution in [1.82, 2.24) is 14.9 Å². The predicted octanol–water partition coefficient (Wildman–Crippen LogP) is 2.73. The lowest BCUT2D eigenvalue weighted by molar-refractivity contribution is 0.269. The van der Waals surface area contributed by atoms with Crippen molar-refractivity contribution in [1.29, 1.82) is 0 Å². The molecule has 2 aromatic heterocycles. The number of hydrogen-bond donors (Lipinski definition) is 2. The quantitative estimate of drug-likeness (QED) is 0.393. The Balaban J connectivity index is 1.69. The van der Waals surface area contributed by atoms with Crippen molar-refractivity contribution in [2.24, 2.45) is 0 Å². The molecule has 0 amide bonds. The first-order valence-electron chi connectivity index (χ1n) is 9.56. The Kier molecular flexibility index (Phi) is 6.28. The van der Waals surface area contributed by atoms with Crippen LogP contribution in [0.25, 0.3) is 11.0 Å². The molecule has 0 saturated carbocycles. The Morgan fingerprint density at radius 2 is 1.81 bits per heavy atom. The van der Waals surface area contributed by atoms with Gasteiger partial charge in [-0.1, -0.05) is 11.2 Å². The molecule has 0 radical (unpaired) electrons. The second-order valence-corrected chi connectivity index (χ2v) is 7.85. The summed E-state index contributed by atoms with van der Waals surface area (Å²) in [5, 5.41) is 18.3. The van der Waals surface area contributed by atoms with Crippen molar-refractivity contribution in [3.8, 4) is 17.2 Å². The van der Waals surface area contributed by atoms with Crippen LogP contribution in [0.4, 0.5) is 5.82 Å². The smallest absolute Gasteiger partial charge is 0.193 e. The van der Waals surface area contributed by atoms with E-state index >= 15 is 0 Å². The molecule has 0 fully saturated rings. The Morgan fingerprint density at radius 1 is 1.09 bits per heavy atom. The fraction of sp³-hybridized carbons (Fsp3) is 0.238. The largest absolute Gasteiger partial charge is 0.496 e. The van der Waals surface area contributed by atoms with E-state index in [2.05, 4.69) is 15.0 Å². The highest BCUT2D eigenvalue weighted by Crippen LogP contribution is 2.37. The van der Waals surface area contributed by atoms with Crippen LogP contribution < -0.4 is 18.9 Å².